The molecule has 0 unspecified atom stereocenters. The van der Waals surface area contributed by atoms with Crippen molar-refractivity contribution in [2.75, 3.05) is 5.32 Å². The van der Waals surface area contributed by atoms with E-state index in [2.05, 4.69) is 5.32 Å². The van der Waals surface area contributed by atoms with Crippen LogP contribution in [0.5, 0.6) is 0 Å². The van der Waals surface area contributed by atoms with E-state index in [9.17, 15) is 9.59 Å². The number of anilines is 1. The maximum atomic E-state index is 12.6. The molecule has 1 N–H and O–H groups in total. The largest absolute Gasteiger partial charge is 0.324 e. The molecule has 0 aromatic heterocycles. The fraction of sp³-hybridized carbons (Fsp3) is 0.263. The van der Waals surface area contributed by atoms with Crippen molar-refractivity contribution in [2.45, 2.75) is 33.4 Å². The van der Waals surface area contributed by atoms with Gasteiger partial charge in [-0.05, 0) is 43.5 Å². The Morgan fingerprint density at radius 2 is 1.74 bits per heavy atom. The van der Waals surface area contributed by atoms with Crippen LogP contribution in [0.2, 0.25) is 0 Å². The molecular weight excluding hydrogens is 288 g/mol. The van der Waals surface area contributed by atoms with Gasteiger partial charge in [0.1, 0.15) is 6.04 Å². The van der Waals surface area contributed by atoms with Crippen molar-refractivity contribution in [3.63, 3.8) is 0 Å². The zero-order valence-corrected chi connectivity index (χ0v) is 13.6. The normalized spacial score (nSPS) is 14.6. The summed E-state index contributed by atoms with van der Waals surface area (Å²) >= 11 is 0. The van der Waals surface area contributed by atoms with E-state index in [1.807, 2.05) is 56.3 Å². The molecule has 4 nitrogen and oxygen atoms in total. The van der Waals surface area contributed by atoms with Crippen molar-refractivity contribution < 1.29 is 9.59 Å². The molecule has 1 atom stereocenters. The lowest BCUT2D eigenvalue weighted by molar-refractivity contribution is -0.120. The average molecular weight is 308 g/mol. The second-order valence-corrected chi connectivity index (χ2v) is 6.02. The number of hydrogen-bond acceptors (Lipinski definition) is 2. The molecule has 1 heterocycles. The van der Waals surface area contributed by atoms with Crippen LogP contribution < -0.4 is 5.32 Å². The standard InChI is InChI=1S/C19H20N2O2/c1-12-7-6-8-13(2)17(12)20-18(22)14(3)21-11-15-9-4-5-10-16(15)19(21)23/h4-10,14H,11H2,1-3H3,(H,20,22)/t14-/m0/s1. The minimum absolute atomic E-state index is 0.0789. The number of rotatable bonds is 3. The van der Waals surface area contributed by atoms with Crippen molar-refractivity contribution in [3.05, 3.63) is 64.7 Å². The lowest BCUT2D eigenvalue weighted by Gasteiger charge is -2.24. The molecule has 2 aromatic carbocycles. The first-order valence-corrected chi connectivity index (χ1v) is 7.75. The zero-order valence-electron chi connectivity index (χ0n) is 13.6. The van der Waals surface area contributed by atoms with Crippen LogP contribution in [0.3, 0.4) is 0 Å². The molecule has 2 amide bonds. The van der Waals surface area contributed by atoms with Crippen LogP contribution in [0.1, 0.15) is 34.0 Å². The van der Waals surface area contributed by atoms with E-state index in [0.29, 0.717) is 12.1 Å². The highest BCUT2D eigenvalue weighted by Gasteiger charge is 2.33. The quantitative estimate of drug-likeness (QED) is 0.946. The van der Waals surface area contributed by atoms with Gasteiger partial charge < -0.3 is 10.2 Å². The third kappa shape index (κ3) is 2.72. The molecule has 0 saturated carbocycles. The Bertz CT molecular complexity index is 762. The van der Waals surface area contributed by atoms with Crippen molar-refractivity contribution in [1.82, 2.24) is 4.90 Å². The first-order chi connectivity index (χ1) is 11.0. The smallest absolute Gasteiger partial charge is 0.255 e. The SMILES string of the molecule is Cc1cccc(C)c1NC(=O)[C@H](C)N1Cc2ccccc2C1=O. The van der Waals surface area contributed by atoms with Crippen LogP contribution >= 0.6 is 0 Å². The van der Waals surface area contributed by atoms with Gasteiger partial charge in [0.2, 0.25) is 5.91 Å². The van der Waals surface area contributed by atoms with Crippen LogP contribution in [0.15, 0.2) is 42.5 Å². The van der Waals surface area contributed by atoms with Crippen LogP contribution in [0.25, 0.3) is 0 Å². The molecule has 0 radical (unpaired) electrons. The topological polar surface area (TPSA) is 49.4 Å². The lowest BCUT2D eigenvalue weighted by Crippen LogP contribution is -2.42. The summed E-state index contributed by atoms with van der Waals surface area (Å²) in [6, 6.07) is 12.9. The van der Waals surface area contributed by atoms with Gasteiger partial charge in [-0.1, -0.05) is 36.4 Å². The van der Waals surface area contributed by atoms with Crippen molar-refractivity contribution in [1.29, 1.82) is 0 Å². The number of para-hydroxylation sites is 1. The van der Waals surface area contributed by atoms with Gasteiger partial charge in [0.25, 0.3) is 5.91 Å². The van der Waals surface area contributed by atoms with Crippen molar-refractivity contribution in [3.8, 4) is 0 Å². The number of fused-ring (bicyclic) bond motifs is 1. The summed E-state index contributed by atoms with van der Waals surface area (Å²) in [7, 11) is 0. The van der Waals surface area contributed by atoms with E-state index in [1.54, 1.807) is 11.8 Å². The molecule has 0 spiro atoms. The number of aryl methyl sites for hydroxylation is 2. The van der Waals surface area contributed by atoms with Gasteiger partial charge in [-0.2, -0.15) is 0 Å². The predicted octanol–water partition coefficient (Wildman–Crippen LogP) is 3.29. The van der Waals surface area contributed by atoms with E-state index < -0.39 is 6.04 Å². The lowest BCUT2D eigenvalue weighted by atomic mass is 10.1. The molecule has 3 rings (SSSR count). The average Bonchev–Trinajstić information content (AvgIpc) is 2.87. The number of amides is 2. The Kier molecular flexibility index (Phi) is 3.90. The van der Waals surface area contributed by atoms with E-state index in [4.69, 9.17) is 0 Å². The summed E-state index contributed by atoms with van der Waals surface area (Å²) < 4.78 is 0. The maximum absolute atomic E-state index is 12.6. The third-order valence-electron chi connectivity index (χ3n) is 4.43. The minimum atomic E-state index is -0.520. The number of benzene rings is 2. The summed E-state index contributed by atoms with van der Waals surface area (Å²) in [5, 5.41) is 2.97. The van der Waals surface area contributed by atoms with Crippen molar-refractivity contribution >= 4 is 17.5 Å². The van der Waals surface area contributed by atoms with Gasteiger partial charge in [0, 0.05) is 17.8 Å². The summed E-state index contributed by atoms with van der Waals surface area (Å²) in [5.74, 6) is -0.242. The summed E-state index contributed by atoms with van der Waals surface area (Å²) in [6.45, 7) is 6.18. The number of hydrogen-bond donors (Lipinski definition) is 1. The predicted molar refractivity (Wildman–Crippen MR) is 90.3 cm³/mol. The zero-order chi connectivity index (χ0) is 16.6. The molecule has 0 bridgehead atoms. The van der Waals surface area contributed by atoms with Crippen LogP contribution in [0, 0.1) is 13.8 Å². The number of nitrogens with zero attached hydrogens (tertiary/aromatic N) is 1. The van der Waals surface area contributed by atoms with E-state index in [0.717, 1.165) is 22.4 Å². The van der Waals surface area contributed by atoms with E-state index in [1.165, 1.54) is 0 Å². The second-order valence-electron chi connectivity index (χ2n) is 6.02. The highest BCUT2D eigenvalue weighted by atomic mass is 16.2. The van der Waals surface area contributed by atoms with Gasteiger partial charge in [0.05, 0.1) is 0 Å². The molecule has 0 fully saturated rings. The fourth-order valence-electron chi connectivity index (χ4n) is 2.97. The molecule has 23 heavy (non-hydrogen) atoms. The first-order valence-electron chi connectivity index (χ1n) is 7.75. The molecule has 0 saturated heterocycles. The molecule has 118 valence electrons. The van der Waals surface area contributed by atoms with Gasteiger partial charge in [-0.25, -0.2) is 0 Å². The Labute approximate surface area is 136 Å². The number of carbonyl (C=O) groups is 2. The van der Waals surface area contributed by atoms with Crippen LogP contribution in [0.4, 0.5) is 5.69 Å². The Morgan fingerprint density at radius 3 is 2.39 bits per heavy atom. The monoisotopic (exact) mass is 308 g/mol. The number of nitrogens with one attached hydrogen (secondary N) is 1. The van der Waals surface area contributed by atoms with Crippen LogP contribution in [-0.2, 0) is 11.3 Å². The molecule has 1 aliphatic heterocycles. The molecule has 4 heteroatoms. The summed E-state index contributed by atoms with van der Waals surface area (Å²) in [6.07, 6.45) is 0. The highest BCUT2D eigenvalue weighted by molar-refractivity contribution is 6.03. The highest BCUT2D eigenvalue weighted by Crippen LogP contribution is 2.25. The Balaban J connectivity index is 1.78. The van der Waals surface area contributed by atoms with E-state index in [-0.39, 0.29) is 11.8 Å². The second kappa shape index (κ2) is 5.88. The molecule has 2 aromatic rings. The maximum Gasteiger partial charge on any atom is 0.255 e. The Morgan fingerprint density at radius 1 is 1.09 bits per heavy atom. The van der Waals surface area contributed by atoms with Gasteiger partial charge >= 0.3 is 0 Å². The van der Waals surface area contributed by atoms with Gasteiger partial charge in [0.15, 0.2) is 0 Å². The molecule has 0 aliphatic carbocycles. The summed E-state index contributed by atoms with van der Waals surface area (Å²) in [4.78, 5) is 26.7. The van der Waals surface area contributed by atoms with Crippen LogP contribution in [-0.4, -0.2) is 22.8 Å². The van der Waals surface area contributed by atoms with Gasteiger partial charge in [-0.3, -0.25) is 9.59 Å². The van der Waals surface area contributed by atoms with Crippen molar-refractivity contribution in [2.24, 2.45) is 0 Å². The minimum Gasteiger partial charge on any atom is -0.324 e. The third-order valence-corrected chi connectivity index (χ3v) is 4.43. The van der Waals surface area contributed by atoms with E-state index >= 15 is 0 Å². The molecule has 1 aliphatic rings. The fourth-order valence-corrected chi connectivity index (χ4v) is 2.97. The first kappa shape index (κ1) is 15.3. The van der Waals surface area contributed by atoms with Gasteiger partial charge in [-0.15, -0.1) is 0 Å². The number of carbonyl (C=O) groups excluding carboxylic acids is 2. The summed E-state index contributed by atoms with van der Waals surface area (Å²) in [5.41, 5.74) is 4.53. The molecular formula is C19H20N2O2. The Hall–Kier alpha value is -2.62.